The highest BCUT2D eigenvalue weighted by Gasteiger charge is 2.28. The zero-order valence-corrected chi connectivity index (χ0v) is 15.5. The highest BCUT2D eigenvalue weighted by molar-refractivity contribution is 7.98. The van der Waals surface area contributed by atoms with Crippen molar-refractivity contribution in [3.05, 3.63) is 57.4 Å². The van der Waals surface area contributed by atoms with E-state index in [1.54, 1.807) is 23.1 Å². The number of benzene rings is 1. The Morgan fingerprint density at radius 3 is 2.92 bits per heavy atom. The molecule has 0 bridgehead atoms. The zero-order chi connectivity index (χ0) is 17.2. The number of thioether (sulfide) groups is 1. The van der Waals surface area contributed by atoms with Crippen LogP contribution >= 0.6 is 23.1 Å². The second-order valence-corrected chi connectivity index (χ2v) is 7.83. The fourth-order valence-electron chi connectivity index (χ4n) is 3.10. The van der Waals surface area contributed by atoms with E-state index in [2.05, 4.69) is 46.4 Å². The molecule has 2 heterocycles. The first kappa shape index (κ1) is 16.4. The Morgan fingerprint density at radius 2 is 2.12 bits per heavy atom. The van der Waals surface area contributed by atoms with Gasteiger partial charge in [0.15, 0.2) is 11.5 Å². The van der Waals surface area contributed by atoms with Crippen LogP contribution in [0.4, 0.5) is 0 Å². The molecule has 0 unspecified atom stereocenters. The molecule has 128 valence electrons. The van der Waals surface area contributed by atoms with Crippen molar-refractivity contribution in [2.75, 3.05) is 12.8 Å². The normalized spacial score (nSPS) is 12.5. The standard InChI is InChI=1S/C19H18N2O2S2/c1-24-13-4-2-12(3-5-13)8-10-20-19(22)17-15-6-7-16-14(9-11-25-16)18(15)23-21-17/h2-5,9,11H,6-8,10H2,1H3,(H,20,22). The van der Waals surface area contributed by atoms with E-state index in [1.807, 2.05) is 6.07 Å². The van der Waals surface area contributed by atoms with E-state index in [0.717, 1.165) is 36.1 Å². The Hall–Kier alpha value is -2.05. The summed E-state index contributed by atoms with van der Waals surface area (Å²) in [6.07, 6.45) is 4.62. The summed E-state index contributed by atoms with van der Waals surface area (Å²) in [5, 5.41) is 9.07. The van der Waals surface area contributed by atoms with Gasteiger partial charge in [-0.05, 0) is 54.7 Å². The maximum absolute atomic E-state index is 12.5. The molecule has 1 aromatic carbocycles. The van der Waals surface area contributed by atoms with Crippen LogP contribution in [0, 0.1) is 0 Å². The lowest BCUT2D eigenvalue weighted by Gasteiger charge is -2.10. The van der Waals surface area contributed by atoms with Gasteiger partial charge in [0.05, 0.1) is 0 Å². The molecule has 1 N–H and O–H groups in total. The summed E-state index contributed by atoms with van der Waals surface area (Å²) < 4.78 is 5.48. The van der Waals surface area contributed by atoms with E-state index in [9.17, 15) is 4.79 Å². The fourth-order valence-corrected chi connectivity index (χ4v) is 4.39. The molecule has 25 heavy (non-hydrogen) atoms. The van der Waals surface area contributed by atoms with Crippen molar-refractivity contribution in [2.24, 2.45) is 0 Å². The van der Waals surface area contributed by atoms with Crippen molar-refractivity contribution in [1.29, 1.82) is 0 Å². The van der Waals surface area contributed by atoms with Crippen LogP contribution in [-0.2, 0) is 19.3 Å². The molecule has 4 nitrogen and oxygen atoms in total. The van der Waals surface area contributed by atoms with Crippen LogP contribution < -0.4 is 5.32 Å². The fraction of sp³-hybridized carbons (Fsp3) is 0.263. The average molecular weight is 370 g/mol. The average Bonchev–Trinajstić information content (AvgIpc) is 3.28. The van der Waals surface area contributed by atoms with Gasteiger partial charge in [-0.3, -0.25) is 4.79 Å². The maximum Gasteiger partial charge on any atom is 0.273 e. The number of rotatable bonds is 5. The summed E-state index contributed by atoms with van der Waals surface area (Å²) in [4.78, 5) is 15.0. The number of carbonyl (C=O) groups excluding carboxylic acids is 1. The molecular weight excluding hydrogens is 352 g/mol. The number of carbonyl (C=O) groups is 1. The van der Waals surface area contributed by atoms with Crippen LogP contribution in [0.3, 0.4) is 0 Å². The Kier molecular flexibility index (Phi) is 4.63. The minimum atomic E-state index is -0.149. The molecule has 3 aromatic rings. The van der Waals surface area contributed by atoms with Crippen molar-refractivity contribution in [3.8, 4) is 11.3 Å². The molecule has 0 saturated heterocycles. The van der Waals surface area contributed by atoms with Crippen molar-refractivity contribution >= 4 is 29.0 Å². The summed E-state index contributed by atoms with van der Waals surface area (Å²) in [6.45, 7) is 0.586. The molecule has 0 saturated carbocycles. The highest BCUT2D eigenvalue weighted by Crippen LogP contribution is 2.37. The van der Waals surface area contributed by atoms with E-state index < -0.39 is 0 Å². The molecule has 0 aliphatic heterocycles. The number of aryl methyl sites for hydroxylation is 1. The quantitative estimate of drug-likeness (QED) is 0.684. The zero-order valence-electron chi connectivity index (χ0n) is 13.9. The minimum Gasteiger partial charge on any atom is -0.355 e. The van der Waals surface area contributed by atoms with Crippen LogP contribution in [0.1, 0.15) is 26.5 Å². The van der Waals surface area contributed by atoms with E-state index in [4.69, 9.17) is 4.52 Å². The molecule has 0 atom stereocenters. The summed E-state index contributed by atoms with van der Waals surface area (Å²) in [6, 6.07) is 10.5. The topological polar surface area (TPSA) is 55.1 Å². The number of nitrogens with zero attached hydrogens (tertiary/aromatic N) is 1. The predicted molar refractivity (Wildman–Crippen MR) is 101 cm³/mol. The van der Waals surface area contributed by atoms with E-state index in [-0.39, 0.29) is 5.91 Å². The summed E-state index contributed by atoms with van der Waals surface area (Å²) in [7, 11) is 0. The van der Waals surface area contributed by atoms with Crippen LogP contribution in [-0.4, -0.2) is 23.9 Å². The summed E-state index contributed by atoms with van der Waals surface area (Å²) in [5.41, 5.74) is 3.67. The Morgan fingerprint density at radius 1 is 1.28 bits per heavy atom. The van der Waals surface area contributed by atoms with Gasteiger partial charge in [0, 0.05) is 27.4 Å². The van der Waals surface area contributed by atoms with Gasteiger partial charge in [0.1, 0.15) is 0 Å². The summed E-state index contributed by atoms with van der Waals surface area (Å²) >= 11 is 3.46. The van der Waals surface area contributed by atoms with Crippen molar-refractivity contribution in [2.45, 2.75) is 24.2 Å². The number of hydrogen-bond donors (Lipinski definition) is 1. The van der Waals surface area contributed by atoms with Gasteiger partial charge in [-0.2, -0.15) is 0 Å². The molecule has 6 heteroatoms. The molecule has 0 fully saturated rings. The molecule has 0 spiro atoms. The minimum absolute atomic E-state index is 0.149. The number of hydrogen-bond acceptors (Lipinski definition) is 5. The van der Waals surface area contributed by atoms with Gasteiger partial charge in [-0.15, -0.1) is 23.1 Å². The number of nitrogens with one attached hydrogen (secondary N) is 1. The molecule has 0 radical (unpaired) electrons. The van der Waals surface area contributed by atoms with Crippen molar-refractivity contribution < 1.29 is 9.32 Å². The van der Waals surface area contributed by atoms with Crippen LogP contribution in [0.5, 0.6) is 0 Å². The van der Waals surface area contributed by atoms with Gasteiger partial charge in [-0.25, -0.2) is 0 Å². The van der Waals surface area contributed by atoms with Gasteiger partial charge in [0.2, 0.25) is 0 Å². The molecule has 1 amide bonds. The smallest absolute Gasteiger partial charge is 0.273 e. The van der Waals surface area contributed by atoms with Crippen molar-refractivity contribution in [1.82, 2.24) is 10.5 Å². The first-order valence-electron chi connectivity index (χ1n) is 8.22. The van der Waals surface area contributed by atoms with Crippen molar-refractivity contribution in [3.63, 3.8) is 0 Å². The Bertz CT molecular complexity index is 897. The monoisotopic (exact) mass is 370 g/mol. The maximum atomic E-state index is 12.5. The van der Waals surface area contributed by atoms with Crippen LogP contribution in [0.15, 0.2) is 45.1 Å². The van der Waals surface area contributed by atoms with Crippen LogP contribution in [0.25, 0.3) is 11.3 Å². The first-order valence-corrected chi connectivity index (χ1v) is 10.3. The SMILES string of the molecule is CSc1ccc(CCNC(=O)c2noc3c2CCc2sccc2-3)cc1. The van der Waals surface area contributed by atoms with Crippen LogP contribution in [0.2, 0.25) is 0 Å². The molecule has 1 aliphatic rings. The first-order chi connectivity index (χ1) is 12.3. The summed E-state index contributed by atoms with van der Waals surface area (Å²) in [5.74, 6) is 0.615. The lowest BCUT2D eigenvalue weighted by atomic mass is 9.95. The molecule has 2 aromatic heterocycles. The Balaban J connectivity index is 1.41. The van der Waals surface area contributed by atoms with E-state index >= 15 is 0 Å². The third kappa shape index (κ3) is 3.24. The predicted octanol–water partition coefficient (Wildman–Crippen LogP) is 4.20. The number of amides is 1. The van der Waals surface area contributed by atoms with E-state index in [0.29, 0.717) is 12.2 Å². The third-order valence-corrected chi connectivity index (χ3v) is 6.18. The molecule has 1 aliphatic carbocycles. The number of thiophene rings is 1. The second-order valence-electron chi connectivity index (χ2n) is 5.95. The van der Waals surface area contributed by atoms with Gasteiger partial charge < -0.3 is 9.84 Å². The number of aromatic nitrogens is 1. The highest BCUT2D eigenvalue weighted by atomic mass is 32.2. The van der Waals surface area contributed by atoms with Gasteiger partial charge >= 0.3 is 0 Å². The lowest BCUT2D eigenvalue weighted by Crippen LogP contribution is -2.27. The molecular formula is C19H18N2O2S2. The molecule has 4 rings (SSSR count). The Labute approximate surface area is 154 Å². The van der Waals surface area contributed by atoms with Gasteiger partial charge in [-0.1, -0.05) is 17.3 Å². The number of fused-ring (bicyclic) bond motifs is 3. The van der Waals surface area contributed by atoms with E-state index in [1.165, 1.54) is 15.3 Å². The van der Waals surface area contributed by atoms with Gasteiger partial charge in [0.25, 0.3) is 5.91 Å². The second kappa shape index (κ2) is 7.06. The third-order valence-electron chi connectivity index (χ3n) is 4.45. The largest absolute Gasteiger partial charge is 0.355 e. The lowest BCUT2D eigenvalue weighted by molar-refractivity contribution is 0.0944.